The molecule has 0 amide bonds. The summed E-state index contributed by atoms with van der Waals surface area (Å²) in [7, 11) is 2.14. The average Bonchev–Trinajstić information content (AvgIpc) is 2.98. The minimum Gasteiger partial charge on any atom is -0.350 e. The molecule has 25 heavy (non-hydrogen) atoms. The van der Waals surface area contributed by atoms with E-state index in [-0.39, 0.29) is 12.4 Å². The number of para-hydroxylation sites is 1. The Bertz CT molecular complexity index is 801. The number of fused-ring (bicyclic) bond motifs is 1. The zero-order valence-corrected chi connectivity index (χ0v) is 15.5. The topological polar surface area (TPSA) is 8.17 Å². The molecule has 1 aliphatic rings. The fourth-order valence-corrected chi connectivity index (χ4v) is 3.73. The first-order chi connectivity index (χ1) is 11.8. The van der Waals surface area contributed by atoms with Crippen LogP contribution < -0.4 is 0 Å². The summed E-state index contributed by atoms with van der Waals surface area (Å²) in [4.78, 5) is 2.56. The van der Waals surface area contributed by atoms with Gasteiger partial charge in [0, 0.05) is 43.2 Å². The predicted octanol–water partition coefficient (Wildman–Crippen LogP) is 4.68. The average molecular weight is 353 g/mol. The van der Waals surface area contributed by atoms with Crippen LogP contribution in [0.5, 0.6) is 0 Å². The van der Waals surface area contributed by atoms with E-state index in [9.17, 15) is 0 Å². The van der Waals surface area contributed by atoms with Gasteiger partial charge in [0.1, 0.15) is 0 Å². The van der Waals surface area contributed by atoms with Crippen LogP contribution in [0.4, 0.5) is 0 Å². The predicted molar refractivity (Wildman–Crippen MR) is 108 cm³/mol. The van der Waals surface area contributed by atoms with Crippen LogP contribution in [-0.2, 0) is 13.5 Å². The van der Waals surface area contributed by atoms with E-state index < -0.39 is 0 Å². The molecule has 130 valence electrons. The SMILES string of the molecule is Cl.Cn1cc(CCN2C[CH][C](c3ccccc3)CC2)c2ccccc21. The molecule has 0 N–H and O–H groups in total. The molecule has 4 rings (SSSR count). The first-order valence-electron chi connectivity index (χ1n) is 8.81. The third kappa shape index (κ3) is 3.91. The Morgan fingerprint density at radius 3 is 2.48 bits per heavy atom. The normalized spacial score (nSPS) is 16.0. The number of halogens is 1. The summed E-state index contributed by atoms with van der Waals surface area (Å²) in [6, 6.07) is 19.5. The number of rotatable bonds is 4. The number of aromatic nitrogens is 1. The molecule has 0 aliphatic carbocycles. The first-order valence-corrected chi connectivity index (χ1v) is 8.81. The van der Waals surface area contributed by atoms with Crippen molar-refractivity contribution in [2.24, 2.45) is 7.05 Å². The van der Waals surface area contributed by atoms with Gasteiger partial charge in [-0.25, -0.2) is 0 Å². The van der Waals surface area contributed by atoms with Crippen molar-refractivity contribution in [2.45, 2.75) is 12.8 Å². The summed E-state index contributed by atoms with van der Waals surface area (Å²) in [5, 5.41) is 1.40. The maximum Gasteiger partial charge on any atom is 0.0480 e. The lowest BCUT2D eigenvalue weighted by Gasteiger charge is -2.31. The minimum atomic E-state index is 0. The van der Waals surface area contributed by atoms with Crippen molar-refractivity contribution in [3.05, 3.63) is 84.3 Å². The van der Waals surface area contributed by atoms with Gasteiger partial charge in [-0.15, -0.1) is 12.4 Å². The lowest BCUT2D eigenvalue weighted by molar-refractivity contribution is 0.277. The Kier molecular flexibility index (Phi) is 5.82. The van der Waals surface area contributed by atoms with E-state index >= 15 is 0 Å². The van der Waals surface area contributed by atoms with Crippen molar-refractivity contribution in [3.8, 4) is 0 Å². The van der Waals surface area contributed by atoms with Crippen LogP contribution in [-0.4, -0.2) is 29.1 Å². The Hall–Kier alpha value is -1.77. The van der Waals surface area contributed by atoms with E-state index in [0.717, 1.165) is 32.5 Å². The highest BCUT2D eigenvalue weighted by Crippen LogP contribution is 2.26. The second kappa shape index (κ2) is 8.07. The van der Waals surface area contributed by atoms with Gasteiger partial charge < -0.3 is 9.47 Å². The Balaban J connectivity index is 0.00000182. The lowest BCUT2D eigenvalue weighted by atomic mass is 9.89. The number of likely N-dealkylation sites (tertiary alicyclic amines) is 1. The van der Waals surface area contributed by atoms with E-state index in [1.165, 1.54) is 27.9 Å². The van der Waals surface area contributed by atoms with Crippen molar-refractivity contribution in [1.29, 1.82) is 0 Å². The molecule has 1 aromatic heterocycles. The van der Waals surface area contributed by atoms with Gasteiger partial charge in [0.2, 0.25) is 0 Å². The van der Waals surface area contributed by atoms with Gasteiger partial charge in [-0.05, 0) is 43.0 Å². The first kappa shape index (κ1) is 18.0. The Morgan fingerprint density at radius 1 is 0.960 bits per heavy atom. The molecule has 2 heterocycles. The summed E-state index contributed by atoms with van der Waals surface area (Å²) in [5.41, 5.74) is 4.18. The molecule has 1 fully saturated rings. The molecule has 2 aromatic carbocycles. The van der Waals surface area contributed by atoms with Crippen LogP contribution in [0.3, 0.4) is 0 Å². The summed E-state index contributed by atoms with van der Waals surface area (Å²) in [5.74, 6) is 1.50. The summed E-state index contributed by atoms with van der Waals surface area (Å²) in [6.07, 6.45) is 6.97. The number of benzene rings is 2. The molecule has 0 spiro atoms. The molecule has 0 unspecified atom stereocenters. The summed E-state index contributed by atoms with van der Waals surface area (Å²) in [6.45, 7) is 3.35. The molecule has 2 radical (unpaired) electrons. The fourth-order valence-electron chi connectivity index (χ4n) is 3.73. The highest BCUT2D eigenvalue weighted by Gasteiger charge is 2.21. The third-order valence-corrected chi connectivity index (χ3v) is 5.11. The van der Waals surface area contributed by atoms with Crippen molar-refractivity contribution >= 4 is 23.3 Å². The third-order valence-electron chi connectivity index (χ3n) is 5.11. The van der Waals surface area contributed by atoms with Crippen LogP contribution in [0.15, 0.2) is 60.8 Å². The van der Waals surface area contributed by atoms with Crippen LogP contribution in [0.1, 0.15) is 17.5 Å². The van der Waals surface area contributed by atoms with Crippen LogP contribution in [0.2, 0.25) is 0 Å². The molecule has 0 saturated carbocycles. The monoisotopic (exact) mass is 352 g/mol. The standard InChI is InChI=1S/C22H24N2.ClH/c1-23-17-20(21-9-5-6-10-22(21)23)13-16-24-14-11-19(12-15-24)18-7-3-2-4-8-18;/h2-11,17H,12-16H2,1H3;1H. The van der Waals surface area contributed by atoms with E-state index in [1.54, 1.807) is 0 Å². The van der Waals surface area contributed by atoms with Gasteiger partial charge in [-0.2, -0.15) is 0 Å². The fraction of sp³-hybridized carbons (Fsp3) is 0.273. The van der Waals surface area contributed by atoms with Crippen LogP contribution in [0, 0.1) is 12.3 Å². The zero-order valence-electron chi connectivity index (χ0n) is 14.7. The number of piperidine rings is 1. The Labute approximate surface area is 156 Å². The zero-order chi connectivity index (χ0) is 16.4. The largest absolute Gasteiger partial charge is 0.350 e. The maximum atomic E-state index is 2.56. The molecule has 1 aliphatic heterocycles. The van der Waals surface area contributed by atoms with Crippen molar-refractivity contribution < 1.29 is 0 Å². The molecule has 0 bridgehead atoms. The molecule has 0 atom stereocenters. The van der Waals surface area contributed by atoms with E-state index in [0.29, 0.717) is 0 Å². The molecular formula is C22H25ClN2. The van der Waals surface area contributed by atoms with E-state index in [2.05, 4.69) is 83.7 Å². The van der Waals surface area contributed by atoms with E-state index in [1.807, 2.05) is 0 Å². The van der Waals surface area contributed by atoms with Crippen molar-refractivity contribution in [3.63, 3.8) is 0 Å². The highest BCUT2D eigenvalue weighted by atomic mass is 35.5. The number of hydrogen-bond donors (Lipinski definition) is 0. The molecular weight excluding hydrogens is 328 g/mol. The van der Waals surface area contributed by atoms with Gasteiger partial charge >= 0.3 is 0 Å². The maximum absolute atomic E-state index is 2.56. The summed E-state index contributed by atoms with van der Waals surface area (Å²) < 4.78 is 2.24. The van der Waals surface area contributed by atoms with Gasteiger partial charge in [0.15, 0.2) is 0 Å². The highest BCUT2D eigenvalue weighted by molar-refractivity contribution is 5.85. The van der Waals surface area contributed by atoms with Gasteiger partial charge in [0.05, 0.1) is 0 Å². The molecule has 3 heteroatoms. The van der Waals surface area contributed by atoms with Crippen molar-refractivity contribution in [1.82, 2.24) is 9.47 Å². The van der Waals surface area contributed by atoms with Crippen LogP contribution >= 0.6 is 12.4 Å². The van der Waals surface area contributed by atoms with Gasteiger partial charge in [-0.1, -0.05) is 48.5 Å². The van der Waals surface area contributed by atoms with E-state index in [4.69, 9.17) is 0 Å². The Morgan fingerprint density at radius 2 is 1.72 bits per heavy atom. The quantitative estimate of drug-likeness (QED) is 0.662. The van der Waals surface area contributed by atoms with Gasteiger partial charge in [-0.3, -0.25) is 0 Å². The second-order valence-electron chi connectivity index (χ2n) is 6.68. The number of aryl methyl sites for hydroxylation is 1. The minimum absolute atomic E-state index is 0. The number of nitrogens with zero attached hydrogens (tertiary/aromatic N) is 2. The number of hydrogen-bond acceptors (Lipinski definition) is 1. The van der Waals surface area contributed by atoms with Crippen molar-refractivity contribution in [2.75, 3.05) is 19.6 Å². The smallest absolute Gasteiger partial charge is 0.0480 e. The second-order valence-corrected chi connectivity index (χ2v) is 6.68. The summed E-state index contributed by atoms with van der Waals surface area (Å²) >= 11 is 0. The van der Waals surface area contributed by atoms with Crippen LogP contribution in [0.25, 0.3) is 10.9 Å². The van der Waals surface area contributed by atoms with Gasteiger partial charge in [0.25, 0.3) is 0 Å². The molecule has 3 aromatic rings. The molecule has 2 nitrogen and oxygen atoms in total. The molecule has 1 saturated heterocycles. The lowest BCUT2D eigenvalue weighted by Crippen LogP contribution is -2.35.